The quantitative estimate of drug-likeness (QED) is 0.588. The summed E-state index contributed by atoms with van der Waals surface area (Å²) in [5.41, 5.74) is 1.89. The third kappa shape index (κ3) is 0.832. The van der Waals surface area contributed by atoms with Crippen molar-refractivity contribution in [2.75, 3.05) is 6.61 Å². The molecule has 2 atom stereocenters. The highest BCUT2D eigenvalue weighted by Crippen LogP contribution is 2.56. The number of hydrogen-bond acceptors (Lipinski definition) is 1. The van der Waals surface area contributed by atoms with Crippen molar-refractivity contribution in [3.8, 4) is 0 Å². The Balaban J connectivity index is 2.03. The zero-order valence-corrected chi connectivity index (χ0v) is 7.42. The molecule has 66 valence electrons. The van der Waals surface area contributed by atoms with E-state index in [-0.39, 0.29) is 5.41 Å². The number of rotatable bonds is 1. The molecule has 0 aliphatic heterocycles. The summed E-state index contributed by atoms with van der Waals surface area (Å²) >= 11 is 0. The predicted molar refractivity (Wildman–Crippen MR) is 47.7 cm³/mol. The molecule has 0 radical (unpaired) electrons. The third-order valence-corrected chi connectivity index (χ3v) is 3.98. The molecule has 1 heteroatoms. The zero-order valence-electron chi connectivity index (χ0n) is 7.42. The van der Waals surface area contributed by atoms with E-state index in [4.69, 9.17) is 0 Å². The van der Waals surface area contributed by atoms with E-state index in [1.165, 1.54) is 32.1 Å². The second-order valence-electron chi connectivity index (χ2n) is 5.11. The van der Waals surface area contributed by atoms with Gasteiger partial charge in [0.25, 0.3) is 0 Å². The molecule has 2 saturated carbocycles. The Kier molecular flexibility index (Phi) is 1.27. The SMILES string of the molecule is OCC12C=C3CC(CC(C3)C1)C2. The first-order valence-electron chi connectivity index (χ1n) is 5.11. The first-order valence-corrected chi connectivity index (χ1v) is 5.11. The van der Waals surface area contributed by atoms with Gasteiger partial charge in [-0.25, -0.2) is 0 Å². The number of allylic oxidation sites excluding steroid dienone is 1. The molecule has 0 aromatic rings. The van der Waals surface area contributed by atoms with Gasteiger partial charge < -0.3 is 5.11 Å². The Hall–Kier alpha value is -0.300. The Bertz CT molecular complexity index is 225. The molecule has 1 nitrogen and oxygen atoms in total. The summed E-state index contributed by atoms with van der Waals surface area (Å²) in [5, 5.41) is 9.39. The van der Waals surface area contributed by atoms with E-state index in [1.807, 2.05) is 0 Å². The first kappa shape index (κ1) is 7.14. The van der Waals surface area contributed by atoms with Crippen LogP contribution in [0.5, 0.6) is 0 Å². The molecule has 0 aromatic carbocycles. The predicted octanol–water partition coefficient (Wildman–Crippen LogP) is 2.12. The molecule has 1 N–H and O–H groups in total. The van der Waals surface area contributed by atoms with Gasteiger partial charge in [0.15, 0.2) is 0 Å². The van der Waals surface area contributed by atoms with Crippen LogP contribution in [0.1, 0.15) is 32.1 Å². The number of hydrogen-bond donors (Lipinski definition) is 1. The Morgan fingerprint density at radius 3 is 2.50 bits per heavy atom. The minimum atomic E-state index is 0.236. The van der Waals surface area contributed by atoms with Crippen molar-refractivity contribution in [2.45, 2.75) is 32.1 Å². The van der Waals surface area contributed by atoms with Gasteiger partial charge in [-0.2, -0.15) is 0 Å². The van der Waals surface area contributed by atoms with Crippen molar-refractivity contribution in [3.63, 3.8) is 0 Å². The fourth-order valence-corrected chi connectivity index (χ4v) is 3.85. The highest BCUT2D eigenvalue weighted by Gasteiger charge is 2.45. The highest BCUT2D eigenvalue weighted by atomic mass is 16.3. The molecule has 4 aliphatic carbocycles. The van der Waals surface area contributed by atoms with Gasteiger partial charge in [0, 0.05) is 5.41 Å². The maximum Gasteiger partial charge on any atom is 0.0522 e. The standard InChI is InChI=1S/C11H16O/c12-7-11-4-8-1-9(5-11)3-10(2-8)6-11/h4,9-10,12H,1-3,5-7H2. The topological polar surface area (TPSA) is 20.2 Å². The van der Waals surface area contributed by atoms with Crippen molar-refractivity contribution in [1.29, 1.82) is 0 Å². The lowest BCUT2D eigenvalue weighted by molar-refractivity contribution is 0.0366. The van der Waals surface area contributed by atoms with Gasteiger partial charge in [-0.05, 0) is 43.9 Å². The van der Waals surface area contributed by atoms with Crippen LogP contribution in [0.25, 0.3) is 0 Å². The van der Waals surface area contributed by atoms with Crippen molar-refractivity contribution >= 4 is 0 Å². The molecule has 2 fully saturated rings. The second-order valence-corrected chi connectivity index (χ2v) is 5.11. The van der Waals surface area contributed by atoms with Crippen molar-refractivity contribution < 1.29 is 5.11 Å². The molecule has 0 aromatic heterocycles. The summed E-state index contributed by atoms with van der Waals surface area (Å²) in [6, 6.07) is 0. The second kappa shape index (κ2) is 2.14. The highest BCUT2D eigenvalue weighted by molar-refractivity contribution is 5.23. The third-order valence-electron chi connectivity index (χ3n) is 3.98. The molecule has 0 saturated heterocycles. The Labute approximate surface area is 73.5 Å². The summed E-state index contributed by atoms with van der Waals surface area (Å²) in [7, 11) is 0. The average molecular weight is 164 g/mol. The summed E-state index contributed by atoms with van der Waals surface area (Å²) in [4.78, 5) is 0. The normalized spacial score (nSPS) is 49.6. The molecule has 0 heterocycles. The fraction of sp³-hybridized carbons (Fsp3) is 0.818. The molecule has 12 heavy (non-hydrogen) atoms. The van der Waals surface area contributed by atoms with E-state index in [1.54, 1.807) is 5.57 Å². The van der Waals surface area contributed by atoms with Crippen LogP contribution >= 0.6 is 0 Å². The lowest BCUT2D eigenvalue weighted by Crippen LogP contribution is -2.42. The van der Waals surface area contributed by atoms with E-state index >= 15 is 0 Å². The van der Waals surface area contributed by atoms with Gasteiger partial charge in [0.05, 0.1) is 6.61 Å². The molecule has 4 bridgehead atoms. The van der Waals surface area contributed by atoms with Crippen LogP contribution in [-0.4, -0.2) is 11.7 Å². The lowest BCUT2D eigenvalue weighted by atomic mass is 9.55. The summed E-state index contributed by atoms with van der Waals surface area (Å²) in [5.74, 6) is 1.84. The lowest BCUT2D eigenvalue weighted by Gasteiger charge is -2.51. The van der Waals surface area contributed by atoms with Crippen LogP contribution < -0.4 is 0 Å². The fourth-order valence-electron chi connectivity index (χ4n) is 3.85. The maximum atomic E-state index is 9.39. The average Bonchev–Trinajstić information content (AvgIpc) is 2.02. The summed E-state index contributed by atoms with van der Waals surface area (Å²) in [6.45, 7) is 0.392. The summed E-state index contributed by atoms with van der Waals surface area (Å²) in [6.07, 6.45) is 9.07. The van der Waals surface area contributed by atoms with Gasteiger partial charge in [-0.3, -0.25) is 0 Å². The monoisotopic (exact) mass is 164 g/mol. The van der Waals surface area contributed by atoms with Gasteiger partial charge >= 0.3 is 0 Å². The van der Waals surface area contributed by atoms with Crippen molar-refractivity contribution in [1.82, 2.24) is 0 Å². The maximum absolute atomic E-state index is 9.39. The molecule has 0 spiro atoms. The number of aliphatic hydroxyl groups is 1. The van der Waals surface area contributed by atoms with Gasteiger partial charge in [-0.15, -0.1) is 0 Å². The first-order chi connectivity index (χ1) is 5.80. The molecule has 2 unspecified atom stereocenters. The largest absolute Gasteiger partial charge is 0.395 e. The van der Waals surface area contributed by atoms with Crippen molar-refractivity contribution in [2.24, 2.45) is 17.3 Å². The molecular weight excluding hydrogens is 148 g/mol. The minimum Gasteiger partial charge on any atom is -0.395 e. The zero-order chi connectivity index (χ0) is 8.18. The van der Waals surface area contributed by atoms with Crippen LogP contribution in [0.4, 0.5) is 0 Å². The van der Waals surface area contributed by atoms with Crippen LogP contribution in [0.2, 0.25) is 0 Å². The molecular formula is C11H16O. The van der Waals surface area contributed by atoms with Crippen LogP contribution in [-0.2, 0) is 0 Å². The van der Waals surface area contributed by atoms with E-state index in [9.17, 15) is 5.11 Å². The smallest absolute Gasteiger partial charge is 0.0522 e. The van der Waals surface area contributed by atoms with Gasteiger partial charge in [0.1, 0.15) is 0 Å². The summed E-state index contributed by atoms with van der Waals surface area (Å²) < 4.78 is 0. The number of aliphatic hydroxyl groups excluding tert-OH is 1. The van der Waals surface area contributed by atoms with E-state index < -0.39 is 0 Å². The minimum absolute atomic E-state index is 0.236. The molecule has 0 amide bonds. The van der Waals surface area contributed by atoms with E-state index in [2.05, 4.69) is 6.08 Å². The molecule has 4 aliphatic rings. The Morgan fingerprint density at radius 2 is 2.00 bits per heavy atom. The Morgan fingerprint density at radius 1 is 1.33 bits per heavy atom. The van der Waals surface area contributed by atoms with E-state index in [0.717, 1.165) is 11.8 Å². The van der Waals surface area contributed by atoms with Crippen LogP contribution in [0.3, 0.4) is 0 Å². The van der Waals surface area contributed by atoms with Gasteiger partial charge in [-0.1, -0.05) is 11.6 Å². The van der Waals surface area contributed by atoms with Crippen molar-refractivity contribution in [3.05, 3.63) is 11.6 Å². The van der Waals surface area contributed by atoms with Gasteiger partial charge in [0.2, 0.25) is 0 Å². The van der Waals surface area contributed by atoms with Crippen LogP contribution in [0, 0.1) is 17.3 Å². The van der Waals surface area contributed by atoms with Crippen LogP contribution in [0.15, 0.2) is 11.6 Å². The van der Waals surface area contributed by atoms with E-state index in [0.29, 0.717) is 6.61 Å². The molecule has 4 rings (SSSR count).